The summed E-state index contributed by atoms with van der Waals surface area (Å²) < 4.78 is 0. The Kier molecular flexibility index (Phi) is 4.82. The van der Waals surface area contributed by atoms with Crippen molar-refractivity contribution >= 4 is 0 Å². The summed E-state index contributed by atoms with van der Waals surface area (Å²) in [5.41, 5.74) is 0. The molecule has 0 atom stereocenters. The molecule has 0 saturated carbocycles. The number of unbranched alkanes of at least 4 members (excludes halogenated alkanes) is 3. The minimum absolute atomic E-state index is 0.746. The minimum atomic E-state index is 0.746. The highest BCUT2D eigenvalue weighted by atomic mass is 14.1. The summed E-state index contributed by atoms with van der Waals surface area (Å²) in [5, 5.41) is 0. The third-order valence-corrected chi connectivity index (χ3v) is 2.43. The van der Waals surface area contributed by atoms with Gasteiger partial charge < -0.3 is 0 Å². The molecular weight excluding hydrogens is 144 g/mol. The maximum atomic E-state index is 2.35. The zero-order valence-electron chi connectivity index (χ0n) is 8.13. The van der Waals surface area contributed by atoms with Gasteiger partial charge in [-0.2, -0.15) is 0 Å². The molecule has 0 heterocycles. The van der Waals surface area contributed by atoms with E-state index in [1.54, 1.807) is 0 Å². The highest BCUT2D eigenvalue weighted by Gasteiger charge is 2.01. The van der Waals surface area contributed by atoms with E-state index in [4.69, 9.17) is 0 Å². The predicted molar refractivity (Wildman–Crippen MR) is 55.1 cm³/mol. The molecule has 0 aromatic heterocycles. The molecule has 0 heteroatoms. The molecule has 0 nitrogen and oxygen atoms in total. The van der Waals surface area contributed by atoms with Gasteiger partial charge in [0.25, 0.3) is 0 Å². The van der Waals surface area contributed by atoms with Crippen LogP contribution in [0.4, 0.5) is 0 Å². The van der Waals surface area contributed by atoms with Crippen LogP contribution in [0, 0.1) is 5.92 Å². The van der Waals surface area contributed by atoms with Crippen LogP contribution < -0.4 is 0 Å². The molecule has 0 unspecified atom stereocenters. The Balaban J connectivity index is 2.02. The maximum absolute atomic E-state index is 2.35. The molecule has 12 heavy (non-hydrogen) atoms. The van der Waals surface area contributed by atoms with Crippen LogP contribution in [0.2, 0.25) is 0 Å². The van der Waals surface area contributed by atoms with Gasteiger partial charge in [-0.1, -0.05) is 56.9 Å². The molecule has 0 fully saturated rings. The van der Waals surface area contributed by atoms with Crippen molar-refractivity contribution < 1.29 is 0 Å². The van der Waals surface area contributed by atoms with Gasteiger partial charge in [-0.05, 0) is 18.8 Å². The van der Waals surface area contributed by atoms with Crippen molar-refractivity contribution in [2.75, 3.05) is 0 Å². The Hall–Kier alpha value is -0.520. The summed E-state index contributed by atoms with van der Waals surface area (Å²) in [6, 6.07) is 0. The third-order valence-electron chi connectivity index (χ3n) is 2.43. The lowest BCUT2D eigenvalue weighted by atomic mass is 9.96. The maximum Gasteiger partial charge on any atom is -0.00533 e. The fourth-order valence-electron chi connectivity index (χ4n) is 1.65. The van der Waals surface area contributed by atoms with Gasteiger partial charge in [-0.3, -0.25) is 0 Å². The second kappa shape index (κ2) is 6.05. The lowest BCUT2D eigenvalue weighted by Crippen LogP contribution is -1.94. The topological polar surface area (TPSA) is 0 Å². The Morgan fingerprint density at radius 1 is 1.08 bits per heavy atom. The summed E-state index contributed by atoms with van der Waals surface area (Å²) >= 11 is 0. The van der Waals surface area contributed by atoms with Gasteiger partial charge in [0.1, 0.15) is 0 Å². The Morgan fingerprint density at radius 2 is 1.83 bits per heavy atom. The third kappa shape index (κ3) is 3.75. The quantitative estimate of drug-likeness (QED) is 0.424. The zero-order chi connectivity index (χ0) is 8.65. The van der Waals surface area contributed by atoms with Gasteiger partial charge in [-0.15, -0.1) is 0 Å². The van der Waals surface area contributed by atoms with E-state index < -0.39 is 0 Å². The van der Waals surface area contributed by atoms with Gasteiger partial charge >= 0.3 is 0 Å². The van der Waals surface area contributed by atoms with E-state index >= 15 is 0 Å². The molecule has 0 spiro atoms. The number of hydrogen-bond donors (Lipinski definition) is 0. The molecule has 0 N–H and O–H groups in total. The Morgan fingerprint density at radius 3 is 2.50 bits per heavy atom. The van der Waals surface area contributed by atoms with Crippen LogP contribution in [0.15, 0.2) is 24.3 Å². The minimum Gasteiger partial charge on any atom is -0.0842 e. The molecule has 1 aliphatic carbocycles. The van der Waals surface area contributed by atoms with Gasteiger partial charge in [0.15, 0.2) is 0 Å². The standard InChI is InChI=1S/C12H20/c1-2-3-4-6-9-12-10-7-5-8-11-12/h7-8,10-12H,2-6,9H2,1H3. The first-order chi connectivity index (χ1) is 5.93. The van der Waals surface area contributed by atoms with Crippen molar-refractivity contribution in [1.82, 2.24) is 0 Å². The van der Waals surface area contributed by atoms with Gasteiger partial charge in [0.05, 0.1) is 0 Å². The second-order valence-corrected chi connectivity index (χ2v) is 3.61. The highest BCUT2D eigenvalue weighted by Crippen LogP contribution is 2.17. The van der Waals surface area contributed by atoms with Gasteiger partial charge in [0, 0.05) is 0 Å². The number of allylic oxidation sites excluding steroid dienone is 4. The summed E-state index contributed by atoms with van der Waals surface area (Å²) in [4.78, 5) is 0. The van der Waals surface area contributed by atoms with Crippen molar-refractivity contribution in [1.29, 1.82) is 0 Å². The van der Waals surface area contributed by atoms with Crippen LogP contribution in [0.5, 0.6) is 0 Å². The molecule has 68 valence electrons. The summed E-state index contributed by atoms with van der Waals surface area (Å²) in [5.74, 6) is 0.746. The molecule has 1 rings (SSSR count). The normalized spacial score (nSPS) is 17.1. The van der Waals surface area contributed by atoms with Crippen LogP contribution in [0.25, 0.3) is 0 Å². The Bertz CT molecular complexity index is 141. The first-order valence-electron chi connectivity index (χ1n) is 5.27. The first-order valence-corrected chi connectivity index (χ1v) is 5.27. The lowest BCUT2D eigenvalue weighted by Gasteiger charge is -2.09. The molecule has 0 aromatic carbocycles. The van der Waals surface area contributed by atoms with Crippen LogP contribution in [-0.4, -0.2) is 0 Å². The molecule has 0 bridgehead atoms. The van der Waals surface area contributed by atoms with E-state index in [1.165, 1.54) is 32.1 Å². The first kappa shape index (κ1) is 9.57. The van der Waals surface area contributed by atoms with Crippen LogP contribution in [0.3, 0.4) is 0 Å². The second-order valence-electron chi connectivity index (χ2n) is 3.61. The average Bonchev–Trinajstić information content (AvgIpc) is 2.14. The molecule has 0 aromatic rings. The average molecular weight is 164 g/mol. The van der Waals surface area contributed by atoms with Crippen molar-refractivity contribution in [3.8, 4) is 0 Å². The van der Waals surface area contributed by atoms with Crippen molar-refractivity contribution in [3.05, 3.63) is 24.3 Å². The molecule has 1 aliphatic rings. The van der Waals surface area contributed by atoms with E-state index in [0.717, 1.165) is 12.3 Å². The van der Waals surface area contributed by atoms with E-state index in [9.17, 15) is 0 Å². The lowest BCUT2D eigenvalue weighted by molar-refractivity contribution is 0.587. The largest absolute Gasteiger partial charge is 0.0842 e. The molecular formula is C12H20. The van der Waals surface area contributed by atoms with E-state index in [2.05, 4.69) is 31.2 Å². The van der Waals surface area contributed by atoms with Crippen molar-refractivity contribution in [2.24, 2.45) is 5.92 Å². The number of rotatable bonds is 5. The SMILES string of the molecule is CCCCCCC1C=CCC=C1. The fraction of sp³-hybridized carbons (Fsp3) is 0.667. The van der Waals surface area contributed by atoms with Gasteiger partial charge in [-0.25, -0.2) is 0 Å². The summed E-state index contributed by atoms with van der Waals surface area (Å²) in [6.45, 7) is 2.26. The zero-order valence-corrected chi connectivity index (χ0v) is 8.13. The summed E-state index contributed by atoms with van der Waals surface area (Å²) in [7, 11) is 0. The molecule has 0 saturated heterocycles. The van der Waals surface area contributed by atoms with Crippen LogP contribution in [-0.2, 0) is 0 Å². The van der Waals surface area contributed by atoms with Crippen LogP contribution >= 0.6 is 0 Å². The van der Waals surface area contributed by atoms with E-state index in [-0.39, 0.29) is 0 Å². The van der Waals surface area contributed by atoms with E-state index in [1.807, 2.05) is 0 Å². The Labute approximate surface area is 76.4 Å². The molecule has 0 aliphatic heterocycles. The molecule has 0 amide bonds. The molecule has 0 radical (unpaired) electrons. The smallest absolute Gasteiger partial charge is 0.00533 e. The fourth-order valence-corrected chi connectivity index (χ4v) is 1.65. The monoisotopic (exact) mass is 164 g/mol. The van der Waals surface area contributed by atoms with Crippen molar-refractivity contribution in [2.45, 2.75) is 45.4 Å². The van der Waals surface area contributed by atoms with Crippen molar-refractivity contribution in [3.63, 3.8) is 0 Å². The highest BCUT2D eigenvalue weighted by molar-refractivity contribution is 5.08. The van der Waals surface area contributed by atoms with Gasteiger partial charge in [0.2, 0.25) is 0 Å². The predicted octanol–water partition coefficient (Wildman–Crippen LogP) is 4.09. The number of hydrogen-bond acceptors (Lipinski definition) is 0. The van der Waals surface area contributed by atoms with Crippen LogP contribution in [0.1, 0.15) is 45.4 Å². The summed E-state index contributed by atoms with van der Waals surface area (Å²) in [6.07, 6.45) is 17.3. The van der Waals surface area contributed by atoms with E-state index in [0.29, 0.717) is 0 Å².